The highest BCUT2D eigenvalue weighted by Crippen LogP contribution is 1.90. The van der Waals surface area contributed by atoms with Crippen molar-refractivity contribution in [1.82, 2.24) is 5.32 Å². The largest absolute Gasteiger partial charge is 0.450 e. The number of carbonyl (C=O) groups is 1. The van der Waals surface area contributed by atoms with E-state index in [0.717, 1.165) is 12.8 Å². The molecule has 0 aliphatic heterocycles. The number of alkyl carbamates (subject to hydrolysis) is 1. The molecule has 0 aromatic rings. The van der Waals surface area contributed by atoms with Crippen LogP contribution in [0.5, 0.6) is 0 Å². The first-order valence-electron chi connectivity index (χ1n) is 4.36. The number of hydrogen-bond donors (Lipinski definition) is 2. The fourth-order valence-corrected chi connectivity index (χ4v) is 0.869. The molecule has 0 saturated carbocycles. The summed E-state index contributed by atoms with van der Waals surface area (Å²) in [7, 11) is 0. The predicted molar refractivity (Wildman–Crippen MR) is 47.9 cm³/mol. The molecule has 0 aliphatic carbocycles. The van der Waals surface area contributed by atoms with E-state index < -0.39 is 0 Å². The number of nitrogens with two attached hydrogens (primary N) is 1. The van der Waals surface area contributed by atoms with E-state index in [9.17, 15) is 4.79 Å². The normalized spacial score (nSPS) is 12.2. The van der Waals surface area contributed by atoms with E-state index in [-0.39, 0.29) is 12.1 Å². The van der Waals surface area contributed by atoms with E-state index >= 15 is 0 Å². The van der Waals surface area contributed by atoms with E-state index in [0.29, 0.717) is 13.2 Å². The summed E-state index contributed by atoms with van der Waals surface area (Å²) in [4.78, 5) is 10.8. The van der Waals surface area contributed by atoms with Crippen molar-refractivity contribution in [2.24, 2.45) is 5.73 Å². The van der Waals surface area contributed by atoms with Crippen LogP contribution in [0.1, 0.15) is 26.7 Å². The van der Waals surface area contributed by atoms with Crippen LogP contribution in [-0.4, -0.2) is 25.3 Å². The molecule has 0 aliphatic rings. The Morgan fingerprint density at radius 2 is 2.25 bits per heavy atom. The summed E-state index contributed by atoms with van der Waals surface area (Å²) in [5.41, 5.74) is 5.66. The molecule has 1 amide bonds. The summed E-state index contributed by atoms with van der Waals surface area (Å²) < 4.78 is 4.66. The van der Waals surface area contributed by atoms with Gasteiger partial charge in [-0.2, -0.15) is 0 Å². The van der Waals surface area contributed by atoms with Crippen molar-refractivity contribution in [2.75, 3.05) is 13.2 Å². The zero-order valence-electron chi connectivity index (χ0n) is 7.80. The molecule has 0 bridgehead atoms. The van der Waals surface area contributed by atoms with Crippen molar-refractivity contribution in [2.45, 2.75) is 32.7 Å². The molecule has 1 atom stereocenters. The molecule has 72 valence electrons. The highest BCUT2D eigenvalue weighted by Gasteiger charge is 2.03. The van der Waals surface area contributed by atoms with Crippen LogP contribution >= 0.6 is 0 Å². The summed E-state index contributed by atoms with van der Waals surface area (Å²) in [6.07, 6.45) is 1.57. The fraction of sp³-hybridized carbons (Fsp3) is 0.875. The Morgan fingerprint density at radius 1 is 1.58 bits per heavy atom. The number of nitrogens with one attached hydrogen (secondary N) is 1. The van der Waals surface area contributed by atoms with E-state index in [4.69, 9.17) is 5.73 Å². The van der Waals surface area contributed by atoms with Gasteiger partial charge in [0.05, 0.1) is 6.61 Å². The molecule has 0 aromatic carbocycles. The van der Waals surface area contributed by atoms with E-state index in [2.05, 4.69) is 17.0 Å². The van der Waals surface area contributed by atoms with E-state index in [1.54, 1.807) is 6.92 Å². The quantitative estimate of drug-likeness (QED) is 0.649. The van der Waals surface area contributed by atoms with E-state index in [1.807, 2.05) is 0 Å². The molecule has 0 fully saturated rings. The highest BCUT2D eigenvalue weighted by atomic mass is 16.5. The topological polar surface area (TPSA) is 64.3 Å². The minimum absolute atomic E-state index is 0.0411. The number of ether oxygens (including phenoxy) is 1. The average molecular weight is 174 g/mol. The van der Waals surface area contributed by atoms with Crippen molar-refractivity contribution < 1.29 is 9.53 Å². The Kier molecular flexibility index (Phi) is 6.47. The lowest BCUT2D eigenvalue weighted by Crippen LogP contribution is -2.37. The van der Waals surface area contributed by atoms with Crippen LogP contribution in [-0.2, 0) is 4.74 Å². The standard InChI is InChI=1S/C8H18N2O2/c1-3-5-7(9)6-10-8(11)12-4-2/h7H,3-6,9H2,1-2H3,(H,10,11). The third kappa shape index (κ3) is 5.97. The van der Waals surface area contributed by atoms with Crippen molar-refractivity contribution >= 4 is 6.09 Å². The third-order valence-corrected chi connectivity index (χ3v) is 1.44. The zero-order chi connectivity index (χ0) is 9.40. The maximum atomic E-state index is 10.8. The van der Waals surface area contributed by atoms with Gasteiger partial charge in [0.2, 0.25) is 0 Å². The molecule has 3 N–H and O–H groups in total. The third-order valence-electron chi connectivity index (χ3n) is 1.44. The average Bonchev–Trinajstić information content (AvgIpc) is 2.02. The smallest absolute Gasteiger partial charge is 0.407 e. The van der Waals surface area contributed by atoms with Gasteiger partial charge < -0.3 is 15.8 Å². The fourth-order valence-electron chi connectivity index (χ4n) is 0.869. The summed E-state index contributed by atoms with van der Waals surface area (Å²) in [6, 6.07) is 0.0411. The lowest BCUT2D eigenvalue weighted by molar-refractivity contribution is 0.151. The highest BCUT2D eigenvalue weighted by molar-refractivity contribution is 5.67. The first kappa shape index (κ1) is 11.2. The Hall–Kier alpha value is -0.770. The number of amides is 1. The molecule has 0 heterocycles. The second-order valence-electron chi connectivity index (χ2n) is 2.65. The Morgan fingerprint density at radius 3 is 2.75 bits per heavy atom. The maximum Gasteiger partial charge on any atom is 0.407 e. The summed E-state index contributed by atoms with van der Waals surface area (Å²) in [5, 5.41) is 2.58. The minimum Gasteiger partial charge on any atom is -0.450 e. The van der Waals surface area contributed by atoms with Crippen molar-refractivity contribution in [1.29, 1.82) is 0 Å². The van der Waals surface area contributed by atoms with Gasteiger partial charge in [-0.1, -0.05) is 13.3 Å². The summed E-state index contributed by atoms with van der Waals surface area (Å²) in [6.45, 7) is 4.72. The summed E-state index contributed by atoms with van der Waals surface area (Å²) in [5.74, 6) is 0. The zero-order valence-corrected chi connectivity index (χ0v) is 7.80. The molecule has 0 rings (SSSR count). The second-order valence-corrected chi connectivity index (χ2v) is 2.65. The second kappa shape index (κ2) is 6.91. The van der Waals surface area contributed by atoms with Gasteiger partial charge in [-0.15, -0.1) is 0 Å². The molecular formula is C8H18N2O2. The first-order valence-corrected chi connectivity index (χ1v) is 4.36. The van der Waals surface area contributed by atoms with Gasteiger partial charge >= 0.3 is 6.09 Å². The summed E-state index contributed by atoms with van der Waals surface area (Å²) >= 11 is 0. The molecule has 0 saturated heterocycles. The monoisotopic (exact) mass is 174 g/mol. The number of rotatable bonds is 5. The lowest BCUT2D eigenvalue weighted by atomic mass is 10.2. The van der Waals surface area contributed by atoms with Crippen LogP contribution in [0.2, 0.25) is 0 Å². The number of hydrogen-bond acceptors (Lipinski definition) is 3. The molecule has 0 radical (unpaired) electrons. The van der Waals surface area contributed by atoms with Gasteiger partial charge in [0.15, 0.2) is 0 Å². The van der Waals surface area contributed by atoms with Crippen LogP contribution < -0.4 is 11.1 Å². The molecule has 0 spiro atoms. The van der Waals surface area contributed by atoms with Crippen molar-refractivity contribution in [3.63, 3.8) is 0 Å². The Bertz CT molecular complexity index is 128. The van der Waals surface area contributed by atoms with Crippen LogP contribution in [0.3, 0.4) is 0 Å². The van der Waals surface area contributed by atoms with Gasteiger partial charge in [0.25, 0.3) is 0 Å². The van der Waals surface area contributed by atoms with Gasteiger partial charge in [-0.3, -0.25) is 0 Å². The molecule has 4 nitrogen and oxygen atoms in total. The van der Waals surface area contributed by atoms with Crippen molar-refractivity contribution in [3.8, 4) is 0 Å². The van der Waals surface area contributed by atoms with Gasteiger partial charge in [-0.05, 0) is 13.3 Å². The molecular weight excluding hydrogens is 156 g/mol. The SMILES string of the molecule is CCCC(N)CNC(=O)OCC. The Labute approximate surface area is 73.5 Å². The molecule has 4 heteroatoms. The van der Waals surface area contributed by atoms with Crippen LogP contribution in [0.25, 0.3) is 0 Å². The minimum atomic E-state index is -0.385. The molecule has 0 aromatic heterocycles. The molecule has 12 heavy (non-hydrogen) atoms. The lowest BCUT2D eigenvalue weighted by Gasteiger charge is -2.10. The van der Waals surface area contributed by atoms with Gasteiger partial charge in [0.1, 0.15) is 0 Å². The first-order chi connectivity index (χ1) is 5.70. The van der Waals surface area contributed by atoms with Crippen LogP contribution in [0.4, 0.5) is 4.79 Å². The molecule has 1 unspecified atom stereocenters. The predicted octanol–water partition coefficient (Wildman–Crippen LogP) is 0.860. The number of carbonyl (C=O) groups excluding carboxylic acids is 1. The van der Waals surface area contributed by atoms with Gasteiger partial charge in [-0.25, -0.2) is 4.79 Å². The van der Waals surface area contributed by atoms with E-state index in [1.165, 1.54) is 0 Å². The van der Waals surface area contributed by atoms with Gasteiger partial charge in [0, 0.05) is 12.6 Å². The van der Waals surface area contributed by atoms with Crippen LogP contribution in [0.15, 0.2) is 0 Å². The van der Waals surface area contributed by atoms with Crippen molar-refractivity contribution in [3.05, 3.63) is 0 Å². The Balaban J connectivity index is 3.33. The van der Waals surface area contributed by atoms with Crippen LogP contribution in [0, 0.1) is 0 Å². The maximum absolute atomic E-state index is 10.8.